The highest BCUT2D eigenvalue weighted by Crippen LogP contribution is 2.14. The maximum atomic E-state index is 11.8. The minimum atomic E-state index is -3.95. The van der Waals surface area contributed by atoms with Gasteiger partial charge in [-0.05, 0) is 12.3 Å². The van der Waals surface area contributed by atoms with Gasteiger partial charge in [-0.3, -0.25) is 4.79 Å². The normalized spacial score (nSPS) is 14.7. The van der Waals surface area contributed by atoms with Crippen LogP contribution < -0.4 is 0 Å². The third-order valence-electron chi connectivity index (χ3n) is 2.43. The fraction of sp³-hybridized carbons (Fsp3) is 0.900. The highest BCUT2D eigenvalue weighted by molar-refractivity contribution is 7.95. The predicted octanol–water partition coefficient (Wildman–Crippen LogP) is 0.335. The molecular weight excluding hydrogens is 280 g/mol. The second-order valence-corrected chi connectivity index (χ2v) is 9.07. The van der Waals surface area contributed by atoms with E-state index in [9.17, 15) is 21.6 Å². The second-order valence-electron chi connectivity index (χ2n) is 4.52. The van der Waals surface area contributed by atoms with Crippen LogP contribution >= 0.6 is 0 Å². The smallest absolute Gasteiger partial charge is 0.322 e. The van der Waals surface area contributed by atoms with Crippen LogP contribution in [-0.2, 0) is 24.5 Å². The summed E-state index contributed by atoms with van der Waals surface area (Å²) < 4.78 is 46.5. The Balaban J connectivity index is 4.92. The molecule has 0 aromatic rings. The maximum absolute atomic E-state index is 11.8. The number of carboxylic acid groups (broad SMARTS) is 1. The van der Waals surface area contributed by atoms with Gasteiger partial charge >= 0.3 is 5.97 Å². The van der Waals surface area contributed by atoms with Crippen LogP contribution in [0.15, 0.2) is 0 Å². The Morgan fingerprint density at radius 2 is 1.56 bits per heavy atom. The van der Waals surface area contributed by atoms with Crippen molar-refractivity contribution in [3.63, 3.8) is 0 Å². The van der Waals surface area contributed by atoms with Gasteiger partial charge in [-0.2, -0.15) is 0 Å². The summed E-state index contributed by atoms with van der Waals surface area (Å²) in [6.45, 7) is 4.65. The van der Waals surface area contributed by atoms with Crippen molar-refractivity contribution >= 4 is 25.6 Å². The van der Waals surface area contributed by atoms with E-state index in [-0.39, 0.29) is 5.75 Å². The van der Waals surface area contributed by atoms with Crippen LogP contribution in [-0.4, -0.2) is 50.4 Å². The predicted molar refractivity (Wildman–Crippen MR) is 69.0 cm³/mol. The van der Waals surface area contributed by atoms with Gasteiger partial charge in [0, 0.05) is 5.75 Å². The van der Waals surface area contributed by atoms with Crippen LogP contribution in [0.2, 0.25) is 0 Å². The fourth-order valence-corrected chi connectivity index (χ4v) is 5.80. The van der Waals surface area contributed by atoms with Crippen molar-refractivity contribution in [2.45, 2.75) is 32.4 Å². The Bertz CT molecular complexity index is 474. The molecule has 1 atom stereocenters. The van der Waals surface area contributed by atoms with Gasteiger partial charge in [-0.25, -0.2) is 16.8 Å². The highest BCUT2D eigenvalue weighted by atomic mass is 32.2. The molecule has 0 bridgehead atoms. The monoisotopic (exact) mass is 300 g/mol. The molecule has 0 radical (unpaired) electrons. The summed E-state index contributed by atoms with van der Waals surface area (Å²) in [5.74, 6) is -3.26. The molecule has 0 aromatic carbocycles. The number of carboxylic acids is 1. The summed E-state index contributed by atoms with van der Waals surface area (Å²) >= 11 is 0. The van der Waals surface area contributed by atoms with E-state index in [0.29, 0.717) is 6.42 Å². The SMILES string of the molecule is CCCS(=O)(=O)CCS(=O)(=O)C(C(=O)O)C(C)C. The molecule has 0 aliphatic heterocycles. The zero-order valence-electron chi connectivity index (χ0n) is 10.8. The second kappa shape index (κ2) is 6.51. The lowest BCUT2D eigenvalue weighted by molar-refractivity contribution is -0.137. The Kier molecular flexibility index (Phi) is 6.28. The van der Waals surface area contributed by atoms with Crippen molar-refractivity contribution in [1.29, 1.82) is 0 Å². The number of hydrogen-bond acceptors (Lipinski definition) is 5. The third-order valence-corrected chi connectivity index (χ3v) is 6.84. The Labute approximate surface area is 108 Å². The van der Waals surface area contributed by atoms with Crippen molar-refractivity contribution in [3.05, 3.63) is 0 Å². The molecule has 1 unspecified atom stereocenters. The first-order valence-corrected chi connectivity index (χ1v) is 9.22. The maximum Gasteiger partial charge on any atom is 0.322 e. The Morgan fingerprint density at radius 1 is 1.06 bits per heavy atom. The Morgan fingerprint density at radius 3 is 1.89 bits per heavy atom. The quantitative estimate of drug-likeness (QED) is 0.692. The molecule has 0 heterocycles. The molecule has 0 fully saturated rings. The van der Waals surface area contributed by atoms with Gasteiger partial charge in [0.15, 0.2) is 24.9 Å². The van der Waals surface area contributed by atoms with Crippen LogP contribution in [0, 0.1) is 5.92 Å². The zero-order chi connectivity index (χ0) is 14.6. The minimum Gasteiger partial charge on any atom is -0.480 e. The van der Waals surface area contributed by atoms with Gasteiger partial charge in [0.25, 0.3) is 0 Å². The average Bonchev–Trinajstić information content (AvgIpc) is 2.13. The standard InChI is InChI=1S/C10H20O6S2/c1-4-5-17(13,14)6-7-18(15,16)9(8(2)3)10(11)12/h8-9H,4-7H2,1-3H3,(H,11,12). The molecule has 0 spiro atoms. The summed E-state index contributed by atoms with van der Waals surface area (Å²) in [5, 5.41) is 7.34. The summed E-state index contributed by atoms with van der Waals surface area (Å²) in [6, 6.07) is 0. The molecule has 0 aliphatic carbocycles. The van der Waals surface area contributed by atoms with Gasteiger partial charge < -0.3 is 5.11 Å². The van der Waals surface area contributed by atoms with E-state index >= 15 is 0 Å². The van der Waals surface area contributed by atoms with Crippen LogP contribution in [0.3, 0.4) is 0 Å². The van der Waals surface area contributed by atoms with Crippen LogP contribution in [0.25, 0.3) is 0 Å². The number of rotatable bonds is 8. The highest BCUT2D eigenvalue weighted by Gasteiger charge is 2.35. The van der Waals surface area contributed by atoms with Gasteiger partial charge in [0.1, 0.15) is 0 Å². The molecule has 8 heteroatoms. The van der Waals surface area contributed by atoms with E-state index in [0.717, 1.165) is 0 Å². The number of sulfone groups is 2. The van der Waals surface area contributed by atoms with Gasteiger partial charge in [0.2, 0.25) is 0 Å². The Hall–Kier alpha value is -0.630. The van der Waals surface area contributed by atoms with Crippen molar-refractivity contribution in [2.75, 3.05) is 17.3 Å². The molecule has 6 nitrogen and oxygen atoms in total. The summed E-state index contributed by atoms with van der Waals surface area (Å²) in [4.78, 5) is 10.9. The average molecular weight is 300 g/mol. The summed E-state index contributed by atoms with van der Waals surface area (Å²) in [7, 11) is -7.37. The van der Waals surface area contributed by atoms with Gasteiger partial charge in [0.05, 0.1) is 11.5 Å². The van der Waals surface area contributed by atoms with Crippen molar-refractivity contribution in [3.8, 4) is 0 Å². The van der Waals surface area contributed by atoms with E-state index < -0.39 is 48.3 Å². The zero-order valence-corrected chi connectivity index (χ0v) is 12.4. The molecule has 18 heavy (non-hydrogen) atoms. The molecule has 0 amide bonds. The molecular formula is C10H20O6S2. The molecule has 0 rings (SSSR count). The fourth-order valence-electron chi connectivity index (χ4n) is 1.64. The topological polar surface area (TPSA) is 106 Å². The summed E-state index contributed by atoms with van der Waals surface area (Å²) in [6.07, 6.45) is 0.412. The molecule has 0 saturated carbocycles. The third kappa shape index (κ3) is 5.34. The van der Waals surface area contributed by atoms with Crippen molar-refractivity contribution < 1.29 is 26.7 Å². The van der Waals surface area contributed by atoms with Gasteiger partial charge in [-0.15, -0.1) is 0 Å². The van der Waals surface area contributed by atoms with E-state index in [1.165, 1.54) is 13.8 Å². The van der Waals surface area contributed by atoms with Crippen molar-refractivity contribution in [2.24, 2.45) is 5.92 Å². The first-order chi connectivity index (χ1) is 8.03. The van der Waals surface area contributed by atoms with E-state index in [1.54, 1.807) is 6.92 Å². The van der Waals surface area contributed by atoms with Crippen LogP contribution in [0.4, 0.5) is 0 Å². The van der Waals surface area contributed by atoms with E-state index in [1.807, 2.05) is 0 Å². The number of carbonyl (C=O) groups is 1. The van der Waals surface area contributed by atoms with Crippen molar-refractivity contribution in [1.82, 2.24) is 0 Å². The van der Waals surface area contributed by atoms with E-state index in [4.69, 9.17) is 5.11 Å². The number of aliphatic carboxylic acids is 1. The summed E-state index contributed by atoms with van der Waals surface area (Å²) in [5.41, 5.74) is 0. The lowest BCUT2D eigenvalue weighted by atomic mass is 10.1. The lowest BCUT2D eigenvalue weighted by Crippen LogP contribution is -2.38. The van der Waals surface area contributed by atoms with Crippen LogP contribution in [0.5, 0.6) is 0 Å². The molecule has 108 valence electrons. The van der Waals surface area contributed by atoms with Crippen LogP contribution in [0.1, 0.15) is 27.2 Å². The molecule has 0 saturated heterocycles. The number of hydrogen-bond donors (Lipinski definition) is 1. The first kappa shape index (κ1) is 17.4. The molecule has 0 aliphatic rings. The largest absolute Gasteiger partial charge is 0.480 e. The first-order valence-electron chi connectivity index (χ1n) is 5.68. The molecule has 1 N–H and O–H groups in total. The molecule has 0 aromatic heterocycles. The lowest BCUT2D eigenvalue weighted by Gasteiger charge is -2.16. The minimum absolute atomic E-state index is 0.0814. The van der Waals surface area contributed by atoms with Gasteiger partial charge in [-0.1, -0.05) is 20.8 Å². The van der Waals surface area contributed by atoms with E-state index in [2.05, 4.69) is 0 Å².